The molecule has 4 heteroatoms. The molecule has 2 heterocycles. The Kier molecular flexibility index (Phi) is 3.01. The van der Waals surface area contributed by atoms with E-state index in [2.05, 4.69) is 10.3 Å². The van der Waals surface area contributed by atoms with Gasteiger partial charge in [0.25, 0.3) is 0 Å². The summed E-state index contributed by atoms with van der Waals surface area (Å²) in [5.41, 5.74) is 2.64. The summed E-state index contributed by atoms with van der Waals surface area (Å²) in [6, 6.07) is 8.34. The monoisotopic (exact) mass is 256 g/mol. The topological polar surface area (TPSA) is 38.1 Å². The molecule has 19 heavy (non-hydrogen) atoms. The average molecular weight is 256 g/mol. The summed E-state index contributed by atoms with van der Waals surface area (Å²) in [6.45, 7) is 0.746. The minimum Gasteiger partial charge on any atom is -0.456 e. The Morgan fingerprint density at radius 1 is 1.21 bits per heavy atom. The Hall–Kier alpha value is -2.20. The second-order valence-electron chi connectivity index (χ2n) is 4.40. The standard InChI is InChI=1S/C15H13FN2O/c1-17-7-10-4-12(9-18-8-10)15-6-11-5-13(16)2-3-14(11)19-15/h2-6,8-9,17H,7H2,1H3. The molecule has 2 aromatic heterocycles. The van der Waals surface area contributed by atoms with Crippen LogP contribution in [0.15, 0.2) is 47.1 Å². The predicted molar refractivity (Wildman–Crippen MR) is 72.2 cm³/mol. The van der Waals surface area contributed by atoms with E-state index in [-0.39, 0.29) is 5.82 Å². The number of pyridine rings is 1. The Morgan fingerprint density at radius 2 is 2.11 bits per heavy atom. The number of aromatic nitrogens is 1. The van der Waals surface area contributed by atoms with Gasteiger partial charge in [0.05, 0.1) is 0 Å². The first kappa shape index (κ1) is 11.9. The maximum atomic E-state index is 13.2. The van der Waals surface area contributed by atoms with Crippen molar-refractivity contribution < 1.29 is 8.81 Å². The third-order valence-electron chi connectivity index (χ3n) is 2.94. The molecule has 1 aromatic carbocycles. The molecule has 0 radical (unpaired) electrons. The van der Waals surface area contributed by atoms with Gasteiger partial charge in [-0.3, -0.25) is 4.98 Å². The molecule has 0 unspecified atom stereocenters. The van der Waals surface area contributed by atoms with Crippen LogP contribution in [0.25, 0.3) is 22.3 Å². The average Bonchev–Trinajstić information content (AvgIpc) is 2.82. The molecule has 0 aliphatic carbocycles. The molecular weight excluding hydrogens is 243 g/mol. The second kappa shape index (κ2) is 4.82. The molecule has 0 atom stereocenters. The fourth-order valence-electron chi connectivity index (χ4n) is 2.08. The van der Waals surface area contributed by atoms with Crippen LogP contribution < -0.4 is 5.32 Å². The molecule has 96 valence electrons. The third-order valence-corrected chi connectivity index (χ3v) is 2.94. The Balaban J connectivity index is 2.05. The molecule has 0 aliphatic rings. The first-order valence-electron chi connectivity index (χ1n) is 6.04. The first-order chi connectivity index (χ1) is 9.26. The van der Waals surface area contributed by atoms with E-state index < -0.39 is 0 Å². The molecule has 1 N–H and O–H groups in total. The van der Waals surface area contributed by atoms with Gasteiger partial charge in [-0.05, 0) is 42.9 Å². The van der Waals surface area contributed by atoms with Gasteiger partial charge in [0, 0.05) is 29.9 Å². The van der Waals surface area contributed by atoms with Crippen LogP contribution in [0.2, 0.25) is 0 Å². The lowest BCUT2D eigenvalue weighted by atomic mass is 10.1. The highest BCUT2D eigenvalue weighted by molar-refractivity contribution is 5.82. The van der Waals surface area contributed by atoms with Crippen molar-refractivity contribution in [2.24, 2.45) is 0 Å². The van der Waals surface area contributed by atoms with E-state index in [1.807, 2.05) is 25.4 Å². The molecule has 0 amide bonds. The zero-order valence-electron chi connectivity index (χ0n) is 10.5. The van der Waals surface area contributed by atoms with E-state index in [4.69, 9.17) is 4.42 Å². The van der Waals surface area contributed by atoms with Gasteiger partial charge < -0.3 is 9.73 Å². The van der Waals surface area contributed by atoms with Gasteiger partial charge >= 0.3 is 0 Å². The summed E-state index contributed by atoms with van der Waals surface area (Å²) in [5.74, 6) is 0.438. The van der Waals surface area contributed by atoms with Crippen molar-refractivity contribution >= 4 is 11.0 Å². The summed E-state index contributed by atoms with van der Waals surface area (Å²) in [7, 11) is 1.89. The van der Waals surface area contributed by atoms with Crippen molar-refractivity contribution in [2.75, 3.05) is 7.05 Å². The van der Waals surface area contributed by atoms with Gasteiger partial charge in [0.1, 0.15) is 17.2 Å². The fourth-order valence-corrected chi connectivity index (χ4v) is 2.08. The van der Waals surface area contributed by atoms with Crippen LogP contribution in [0.4, 0.5) is 4.39 Å². The summed E-state index contributed by atoms with van der Waals surface area (Å²) in [6.07, 6.45) is 3.55. The highest BCUT2D eigenvalue weighted by atomic mass is 19.1. The largest absolute Gasteiger partial charge is 0.456 e. The lowest BCUT2D eigenvalue weighted by Gasteiger charge is -2.01. The van der Waals surface area contributed by atoms with Crippen LogP contribution in [-0.4, -0.2) is 12.0 Å². The predicted octanol–water partition coefficient (Wildman–Crippen LogP) is 3.35. The molecule has 3 rings (SSSR count). The Bertz CT molecular complexity index is 721. The fraction of sp³-hybridized carbons (Fsp3) is 0.133. The molecular formula is C15H13FN2O. The Labute approximate surface area is 110 Å². The summed E-state index contributed by atoms with van der Waals surface area (Å²) >= 11 is 0. The summed E-state index contributed by atoms with van der Waals surface area (Å²) in [4.78, 5) is 4.19. The lowest BCUT2D eigenvalue weighted by Crippen LogP contribution is -2.05. The first-order valence-corrected chi connectivity index (χ1v) is 6.04. The van der Waals surface area contributed by atoms with Crippen molar-refractivity contribution in [2.45, 2.75) is 6.54 Å². The summed E-state index contributed by atoms with van der Waals surface area (Å²) in [5, 5.41) is 3.83. The highest BCUT2D eigenvalue weighted by Gasteiger charge is 2.08. The van der Waals surface area contributed by atoms with Crippen LogP contribution in [0.1, 0.15) is 5.56 Å². The highest BCUT2D eigenvalue weighted by Crippen LogP contribution is 2.28. The maximum Gasteiger partial charge on any atom is 0.136 e. The molecule has 0 aliphatic heterocycles. The van der Waals surface area contributed by atoms with Gasteiger partial charge in [0.15, 0.2) is 0 Å². The van der Waals surface area contributed by atoms with Crippen molar-refractivity contribution in [3.8, 4) is 11.3 Å². The van der Waals surface area contributed by atoms with Crippen LogP contribution >= 0.6 is 0 Å². The molecule has 3 aromatic rings. The van der Waals surface area contributed by atoms with E-state index in [1.54, 1.807) is 12.3 Å². The SMILES string of the molecule is CNCc1cncc(-c2cc3cc(F)ccc3o2)c1. The van der Waals surface area contributed by atoms with Crippen LogP contribution in [0, 0.1) is 5.82 Å². The smallest absolute Gasteiger partial charge is 0.136 e. The van der Waals surface area contributed by atoms with Gasteiger partial charge in [0.2, 0.25) is 0 Å². The zero-order chi connectivity index (χ0) is 13.2. The number of nitrogens with zero attached hydrogens (tertiary/aromatic N) is 1. The molecule has 0 bridgehead atoms. The van der Waals surface area contributed by atoms with Crippen LogP contribution in [0.5, 0.6) is 0 Å². The molecule has 0 spiro atoms. The molecule has 0 saturated heterocycles. The molecule has 0 saturated carbocycles. The van der Waals surface area contributed by atoms with Gasteiger partial charge in [-0.15, -0.1) is 0 Å². The Morgan fingerprint density at radius 3 is 2.95 bits per heavy atom. The van der Waals surface area contributed by atoms with E-state index >= 15 is 0 Å². The number of furan rings is 1. The summed E-state index contributed by atoms with van der Waals surface area (Å²) < 4.78 is 18.9. The maximum absolute atomic E-state index is 13.2. The normalized spacial score (nSPS) is 11.1. The molecule has 0 fully saturated rings. The minimum atomic E-state index is -0.262. The number of hydrogen-bond donors (Lipinski definition) is 1. The number of hydrogen-bond acceptors (Lipinski definition) is 3. The van der Waals surface area contributed by atoms with Gasteiger partial charge in [-0.2, -0.15) is 0 Å². The van der Waals surface area contributed by atoms with E-state index in [9.17, 15) is 4.39 Å². The van der Waals surface area contributed by atoms with Gasteiger partial charge in [-0.25, -0.2) is 4.39 Å². The van der Waals surface area contributed by atoms with Crippen LogP contribution in [-0.2, 0) is 6.54 Å². The molecule has 3 nitrogen and oxygen atoms in total. The minimum absolute atomic E-state index is 0.262. The lowest BCUT2D eigenvalue weighted by molar-refractivity contribution is 0.619. The van der Waals surface area contributed by atoms with Gasteiger partial charge in [-0.1, -0.05) is 0 Å². The van der Waals surface area contributed by atoms with Crippen molar-refractivity contribution in [3.05, 3.63) is 54.1 Å². The van der Waals surface area contributed by atoms with Crippen molar-refractivity contribution in [3.63, 3.8) is 0 Å². The number of fused-ring (bicyclic) bond motifs is 1. The zero-order valence-corrected chi connectivity index (χ0v) is 10.5. The quantitative estimate of drug-likeness (QED) is 0.781. The number of rotatable bonds is 3. The van der Waals surface area contributed by atoms with Crippen LogP contribution in [0.3, 0.4) is 0 Å². The van der Waals surface area contributed by atoms with E-state index in [1.165, 1.54) is 12.1 Å². The number of benzene rings is 1. The number of halogens is 1. The second-order valence-corrected chi connectivity index (χ2v) is 4.40. The van der Waals surface area contributed by atoms with E-state index in [0.717, 1.165) is 23.1 Å². The number of nitrogens with one attached hydrogen (secondary N) is 1. The van der Waals surface area contributed by atoms with E-state index in [0.29, 0.717) is 11.3 Å². The van der Waals surface area contributed by atoms with Crippen molar-refractivity contribution in [1.29, 1.82) is 0 Å². The third kappa shape index (κ3) is 2.35. The van der Waals surface area contributed by atoms with Crippen molar-refractivity contribution in [1.82, 2.24) is 10.3 Å².